The fourth-order valence-corrected chi connectivity index (χ4v) is 2.90. The number of hydrogen-bond acceptors (Lipinski definition) is 5. The first-order valence-corrected chi connectivity index (χ1v) is 9.22. The average Bonchev–Trinajstić information content (AvgIpc) is 3.35. The van der Waals surface area contributed by atoms with Gasteiger partial charge in [0.15, 0.2) is 0 Å². The number of anilines is 1. The highest BCUT2D eigenvalue weighted by molar-refractivity contribution is 7.98. The molecule has 1 heterocycles. The van der Waals surface area contributed by atoms with Gasteiger partial charge in [0.1, 0.15) is 5.82 Å². The van der Waals surface area contributed by atoms with Gasteiger partial charge in [0.25, 0.3) is 0 Å². The summed E-state index contributed by atoms with van der Waals surface area (Å²) in [7, 11) is 0. The average molecular weight is 346 g/mol. The van der Waals surface area contributed by atoms with Crippen LogP contribution in [0.5, 0.6) is 0 Å². The Morgan fingerprint density at radius 3 is 2.75 bits per heavy atom. The van der Waals surface area contributed by atoms with Crippen molar-refractivity contribution < 1.29 is 4.79 Å². The molecule has 0 unspecified atom stereocenters. The van der Waals surface area contributed by atoms with E-state index < -0.39 is 0 Å². The number of H-pyrrole nitrogens is 1. The van der Waals surface area contributed by atoms with E-state index in [1.54, 1.807) is 11.8 Å². The Hall–Kier alpha value is -2.22. The molecule has 2 amide bonds. The Bertz CT molecular complexity index is 682. The van der Waals surface area contributed by atoms with Gasteiger partial charge < -0.3 is 16.0 Å². The van der Waals surface area contributed by atoms with Gasteiger partial charge in [0.05, 0.1) is 0 Å². The van der Waals surface area contributed by atoms with Gasteiger partial charge in [0, 0.05) is 30.4 Å². The van der Waals surface area contributed by atoms with E-state index in [2.05, 4.69) is 51.0 Å². The molecule has 0 spiro atoms. The van der Waals surface area contributed by atoms with E-state index in [1.165, 1.54) is 4.90 Å². The number of benzene rings is 1. The van der Waals surface area contributed by atoms with Crippen molar-refractivity contribution in [1.29, 1.82) is 0 Å². The maximum absolute atomic E-state index is 12.5. The molecular formula is C16H22N6OS. The molecule has 24 heavy (non-hydrogen) atoms. The highest BCUT2D eigenvalue weighted by atomic mass is 32.2. The molecule has 8 heteroatoms. The summed E-state index contributed by atoms with van der Waals surface area (Å²) in [5, 5.41) is 9.47. The number of aromatic nitrogens is 3. The summed E-state index contributed by atoms with van der Waals surface area (Å²) in [6.45, 7) is 1.14. The molecule has 1 aromatic heterocycles. The molecule has 0 saturated heterocycles. The second kappa shape index (κ2) is 7.57. The second-order valence-corrected chi connectivity index (χ2v) is 6.71. The quantitative estimate of drug-likeness (QED) is 0.666. The minimum absolute atomic E-state index is 0.0288. The van der Waals surface area contributed by atoms with Crippen LogP contribution in [0.3, 0.4) is 0 Å². The third-order valence-electron chi connectivity index (χ3n) is 3.95. The summed E-state index contributed by atoms with van der Waals surface area (Å²) >= 11 is 1.72. The number of urea groups is 1. The molecule has 128 valence electrons. The number of nitrogens with one attached hydrogen (secondary N) is 2. The van der Waals surface area contributed by atoms with Gasteiger partial charge in [-0.3, -0.25) is 5.10 Å². The number of thioether (sulfide) groups is 1. The maximum Gasteiger partial charge on any atom is 0.317 e. The molecule has 0 aliphatic heterocycles. The number of nitrogen functional groups attached to an aromatic ring is 1. The molecule has 1 saturated carbocycles. The Morgan fingerprint density at radius 1 is 1.42 bits per heavy atom. The number of hydrogen-bond donors (Lipinski definition) is 3. The summed E-state index contributed by atoms with van der Waals surface area (Å²) in [5.41, 5.74) is 6.61. The van der Waals surface area contributed by atoms with Gasteiger partial charge in [0.2, 0.25) is 5.95 Å². The van der Waals surface area contributed by atoms with Crippen LogP contribution in [0, 0.1) is 0 Å². The van der Waals surface area contributed by atoms with Crippen LogP contribution in [0.4, 0.5) is 10.7 Å². The molecule has 1 aliphatic rings. The predicted octanol–water partition coefficient (Wildman–Crippen LogP) is 2.03. The van der Waals surface area contributed by atoms with Crippen LogP contribution in [-0.2, 0) is 13.0 Å². The second-order valence-electron chi connectivity index (χ2n) is 5.83. The molecular weight excluding hydrogens is 324 g/mol. The number of amides is 2. The van der Waals surface area contributed by atoms with E-state index in [1.807, 2.05) is 4.90 Å². The van der Waals surface area contributed by atoms with Gasteiger partial charge in [-0.2, -0.15) is 4.98 Å². The Kier molecular flexibility index (Phi) is 5.24. The largest absolute Gasteiger partial charge is 0.367 e. The standard InChI is InChI=1S/C16H22N6OS/c1-24-13-6-2-11(3-7-13)10-22(12-4-5-12)16(23)18-9-8-14-19-15(17)21-20-14/h2-3,6-7,12H,4-5,8-10H2,1H3,(H,18,23)(H3,17,19,20,21). The molecule has 1 aliphatic carbocycles. The van der Waals surface area contributed by atoms with Crippen molar-refractivity contribution in [3.63, 3.8) is 0 Å². The van der Waals surface area contributed by atoms with Crippen LogP contribution in [-0.4, -0.2) is 45.0 Å². The van der Waals surface area contributed by atoms with Gasteiger partial charge >= 0.3 is 6.03 Å². The van der Waals surface area contributed by atoms with E-state index in [0.29, 0.717) is 31.4 Å². The van der Waals surface area contributed by atoms with Crippen molar-refractivity contribution in [2.24, 2.45) is 0 Å². The van der Waals surface area contributed by atoms with Gasteiger partial charge in [-0.05, 0) is 36.8 Å². The smallest absolute Gasteiger partial charge is 0.317 e. The summed E-state index contributed by atoms with van der Waals surface area (Å²) in [6.07, 6.45) is 4.79. The van der Waals surface area contributed by atoms with Crippen LogP contribution < -0.4 is 11.1 Å². The first-order chi connectivity index (χ1) is 11.7. The minimum atomic E-state index is -0.0288. The third-order valence-corrected chi connectivity index (χ3v) is 4.69. The Labute approximate surface area is 145 Å². The van der Waals surface area contributed by atoms with E-state index in [-0.39, 0.29) is 12.0 Å². The molecule has 0 radical (unpaired) electrons. The van der Waals surface area contributed by atoms with Gasteiger partial charge in [-0.15, -0.1) is 16.9 Å². The molecule has 1 aromatic carbocycles. The highest BCUT2D eigenvalue weighted by Crippen LogP contribution is 2.28. The normalized spacial score (nSPS) is 13.7. The van der Waals surface area contributed by atoms with Crippen molar-refractivity contribution in [1.82, 2.24) is 25.4 Å². The molecule has 4 N–H and O–H groups in total. The van der Waals surface area contributed by atoms with E-state index in [4.69, 9.17) is 5.73 Å². The fraction of sp³-hybridized carbons (Fsp3) is 0.438. The highest BCUT2D eigenvalue weighted by Gasteiger charge is 2.32. The number of rotatable bonds is 7. The molecule has 7 nitrogen and oxygen atoms in total. The number of aromatic amines is 1. The van der Waals surface area contributed by atoms with Crippen LogP contribution in [0.2, 0.25) is 0 Å². The Morgan fingerprint density at radius 2 is 2.17 bits per heavy atom. The zero-order valence-electron chi connectivity index (χ0n) is 13.7. The van der Waals surface area contributed by atoms with Crippen molar-refractivity contribution >= 4 is 23.7 Å². The van der Waals surface area contributed by atoms with Crippen LogP contribution in [0.1, 0.15) is 24.2 Å². The summed E-state index contributed by atoms with van der Waals surface area (Å²) < 4.78 is 0. The van der Waals surface area contributed by atoms with Crippen LogP contribution >= 0.6 is 11.8 Å². The van der Waals surface area contributed by atoms with Crippen molar-refractivity contribution in [3.8, 4) is 0 Å². The van der Waals surface area contributed by atoms with E-state index in [9.17, 15) is 4.79 Å². The SMILES string of the molecule is CSc1ccc(CN(C(=O)NCCc2nc(N)n[nH]2)C2CC2)cc1. The molecule has 0 atom stereocenters. The van der Waals surface area contributed by atoms with E-state index in [0.717, 1.165) is 18.4 Å². The first-order valence-electron chi connectivity index (χ1n) is 8.00. The van der Waals surface area contributed by atoms with Crippen molar-refractivity contribution in [2.75, 3.05) is 18.5 Å². The van der Waals surface area contributed by atoms with E-state index >= 15 is 0 Å². The summed E-state index contributed by atoms with van der Waals surface area (Å²) in [4.78, 5) is 19.7. The lowest BCUT2D eigenvalue weighted by Gasteiger charge is -2.23. The number of nitrogens with zero attached hydrogens (tertiary/aromatic N) is 3. The monoisotopic (exact) mass is 346 g/mol. The number of nitrogens with two attached hydrogens (primary N) is 1. The topological polar surface area (TPSA) is 99.9 Å². The molecule has 1 fully saturated rings. The van der Waals surface area contributed by atoms with Crippen LogP contribution in [0.25, 0.3) is 0 Å². The summed E-state index contributed by atoms with van der Waals surface area (Å²) in [6, 6.07) is 8.69. The lowest BCUT2D eigenvalue weighted by molar-refractivity contribution is 0.192. The summed E-state index contributed by atoms with van der Waals surface area (Å²) in [5.74, 6) is 0.906. The minimum Gasteiger partial charge on any atom is -0.367 e. The van der Waals surface area contributed by atoms with Crippen molar-refractivity contribution in [2.45, 2.75) is 36.7 Å². The lowest BCUT2D eigenvalue weighted by atomic mass is 10.2. The third kappa shape index (κ3) is 4.41. The molecule has 3 rings (SSSR count). The Balaban J connectivity index is 1.53. The maximum atomic E-state index is 12.5. The first kappa shape index (κ1) is 16.6. The van der Waals surface area contributed by atoms with Crippen molar-refractivity contribution in [3.05, 3.63) is 35.7 Å². The fourth-order valence-electron chi connectivity index (χ4n) is 2.49. The number of carbonyl (C=O) groups is 1. The zero-order chi connectivity index (χ0) is 16.9. The van der Waals surface area contributed by atoms with Gasteiger partial charge in [-0.25, -0.2) is 4.79 Å². The molecule has 2 aromatic rings. The van der Waals surface area contributed by atoms with Gasteiger partial charge in [-0.1, -0.05) is 12.1 Å². The number of carbonyl (C=O) groups excluding carboxylic acids is 1. The predicted molar refractivity (Wildman–Crippen MR) is 94.7 cm³/mol. The molecule has 0 bridgehead atoms. The zero-order valence-corrected chi connectivity index (χ0v) is 14.5. The lowest BCUT2D eigenvalue weighted by Crippen LogP contribution is -2.41. The van der Waals surface area contributed by atoms with Crippen LogP contribution in [0.15, 0.2) is 29.2 Å².